The molecule has 1 aliphatic rings. The van der Waals surface area contributed by atoms with Crippen LogP contribution in [0.5, 0.6) is 0 Å². The summed E-state index contributed by atoms with van der Waals surface area (Å²) in [7, 11) is -0.572. The summed E-state index contributed by atoms with van der Waals surface area (Å²) in [5.74, 6) is 1.43. The first kappa shape index (κ1) is 17.2. The van der Waals surface area contributed by atoms with Crippen molar-refractivity contribution in [1.82, 2.24) is 4.90 Å². The normalized spacial score (nSPS) is 24.5. The zero-order valence-electron chi connectivity index (χ0n) is 14.3. The second kappa shape index (κ2) is 6.53. The second-order valence-corrected chi connectivity index (χ2v) is 8.84. The average Bonchev–Trinajstić information content (AvgIpc) is 2.44. The molecule has 3 nitrogen and oxygen atoms in total. The lowest BCUT2D eigenvalue weighted by molar-refractivity contribution is -0.133. The van der Waals surface area contributed by atoms with Gasteiger partial charge in [0, 0.05) is 18.7 Å². The van der Waals surface area contributed by atoms with E-state index in [9.17, 15) is 4.79 Å². The van der Waals surface area contributed by atoms with Crippen molar-refractivity contribution < 1.29 is 4.79 Å². The Hall–Kier alpha value is -1.16. The number of hydrogen-bond donors (Lipinski definition) is 1. The average molecular weight is 321 g/mol. The molecule has 1 fully saturated rings. The maximum atomic E-state index is 12.5. The first-order chi connectivity index (χ1) is 10.3. The molecule has 1 saturated heterocycles. The van der Waals surface area contributed by atoms with Gasteiger partial charge in [-0.3, -0.25) is 9.57 Å². The van der Waals surface area contributed by atoms with Gasteiger partial charge in [-0.1, -0.05) is 69.6 Å². The van der Waals surface area contributed by atoms with E-state index in [1.807, 2.05) is 17.9 Å². The molecule has 122 valence electrons. The summed E-state index contributed by atoms with van der Waals surface area (Å²) >= 11 is 0. The van der Waals surface area contributed by atoms with Gasteiger partial charge in [0.1, 0.15) is 5.37 Å². The van der Waals surface area contributed by atoms with Crippen molar-refractivity contribution in [2.45, 2.75) is 52.3 Å². The van der Waals surface area contributed by atoms with Crippen molar-refractivity contribution in [1.29, 1.82) is 4.78 Å². The molecular weight excluding hydrogens is 292 g/mol. The summed E-state index contributed by atoms with van der Waals surface area (Å²) in [6.45, 7) is 11.4. The van der Waals surface area contributed by atoms with Crippen LogP contribution in [0.4, 0.5) is 0 Å². The lowest BCUT2D eigenvalue weighted by Crippen LogP contribution is -2.50. The molecule has 1 aromatic rings. The zero-order chi connectivity index (χ0) is 16.5. The Kier molecular flexibility index (Phi) is 5.10. The van der Waals surface area contributed by atoms with E-state index in [-0.39, 0.29) is 16.7 Å². The Morgan fingerprint density at radius 3 is 2.64 bits per heavy atom. The molecule has 2 atom stereocenters. The third-order valence-electron chi connectivity index (χ3n) is 4.20. The van der Waals surface area contributed by atoms with E-state index in [0.717, 1.165) is 12.3 Å². The van der Waals surface area contributed by atoms with E-state index < -0.39 is 10.7 Å². The van der Waals surface area contributed by atoms with E-state index in [1.54, 1.807) is 0 Å². The first-order valence-electron chi connectivity index (χ1n) is 8.06. The van der Waals surface area contributed by atoms with Crippen LogP contribution >= 0.6 is 0 Å². The molecule has 0 spiro atoms. The highest BCUT2D eigenvalue weighted by Crippen LogP contribution is 2.39. The Bertz CT molecular complexity index is 580. The summed E-state index contributed by atoms with van der Waals surface area (Å²) in [6.07, 6.45) is 0.508. The molecular formula is C18H28N2OS. The van der Waals surface area contributed by atoms with Crippen LogP contribution in [0.3, 0.4) is 0 Å². The highest BCUT2D eigenvalue weighted by atomic mass is 32.2. The van der Waals surface area contributed by atoms with Gasteiger partial charge in [0.05, 0.1) is 0 Å². The molecule has 0 bridgehead atoms. The van der Waals surface area contributed by atoms with Crippen LogP contribution in [0.1, 0.15) is 63.5 Å². The SMILES string of the molecule is CCC(=O)N1CC(C)(C)CS(=N)C1c1ccccc1C(C)C. The number of carbonyl (C=O) groups is 1. The fourth-order valence-electron chi connectivity index (χ4n) is 3.25. The maximum absolute atomic E-state index is 12.5. The molecule has 0 radical (unpaired) electrons. The molecule has 1 aliphatic heterocycles. The van der Waals surface area contributed by atoms with E-state index in [4.69, 9.17) is 4.78 Å². The molecule has 0 saturated carbocycles. The predicted molar refractivity (Wildman–Crippen MR) is 94.0 cm³/mol. The minimum atomic E-state index is -0.572. The van der Waals surface area contributed by atoms with Crippen LogP contribution in [-0.2, 0) is 15.5 Å². The summed E-state index contributed by atoms with van der Waals surface area (Å²) in [5.41, 5.74) is 2.47. The van der Waals surface area contributed by atoms with Gasteiger partial charge in [-0.2, -0.15) is 0 Å². The minimum Gasteiger partial charge on any atom is -0.325 e. The molecule has 2 unspecified atom stereocenters. The van der Waals surface area contributed by atoms with E-state index in [0.29, 0.717) is 12.3 Å². The maximum Gasteiger partial charge on any atom is 0.223 e. The van der Waals surface area contributed by atoms with Crippen molar-refractivity contribution in [2.24, 2.45) is 5.41 Å². The molecule has 1 N–H and O–H groups in total. The first-order valence-corrected chi connectivity index (χ1v) is 9.51. The molecule has 0 aliphatic carbocycles. The molecule has 1 heterocycles. The summed E-state index contributed by atoms with van der Waals surface area (Å²) in [6, 6.07) is 8.35. The van der Waals surface area contributed by atoms with E-state index in [2.05, 4.69) is 45.9 Å². The van der Waals surface area contributed by atoms with Gasteiger partial charge >= 0.3 is 0 Å². The van der Waals surface area contributed by atoms with Crippen LogP contribution in [0.15, 0.2) is 24.3 Å². The molecule has 2 rings (SSSR count). The lowest BCUT2D eigenvalue weighted by atomic mass is 9.93. The van der Waals surface area contributed by atoms with Crippen molar-refractivity contribution >= 4 is 16.6 Å². The topological polar surface area (TPSA) is 44.2 Å². The number of carbonyl (C=O) groups excluding carboxylic acids is 1. The Morgan fingerprint density at radius 2 is 2.05 bits per heavy atom. The summed E-state index contributed by atoms with van der Waals surface area (Å²) in [4.78, 5) is 14.5. The quantitative estimate of drug-likeness (QED) is 0.877. The van der Waals surface area contributed by atoms with E-state index in [1.165, 1.54) is 11.1 Å². The predicted octanol–water partition coefficient (Wildman–Crippen LogP) is 4.47. The van der Waals surface area contributed by atoms with Gasteiger partial charge < -0.3 is 4.90 Å². The van der Waals surface area contributed by atoms with E-state index >= 15 is 0 Å². The van der Waals surface area contributed by atoms with Gasteiger partial charge in [-0.05, 0) is 22.5 Å². The van der Waals surface area contributed by atoms with Gasteiger partial charge in [-0.25, -0.2) is 0 Å². The molecule has 0 aromatic heterocycles. The monoisotopic (exact) mass is 320 g/mol. The second-order valence-electron chi connectivity index (χ2n) is 7.25. The zero-order valence-corrected chi connectivity index (χ0v) is 15.2. The van der Waals surface area contributed by atoms with Crippen LogP contribution in [0.2, 0.25) is 0 Å². The lowest BCUT2D eigenvalue weighted by Gasteiger charge is -2.45. The smallest absolute Gasteiger partial charge is 0.223 e. The highest BCUT2D eigenvalue weighted by molar-refractivity contribution is 7.86. The third-order valence-corrected chi connectivity index (χ3v) is 6.34. The summed E-state index contributed by atoms with van der Waals surface area (Å²) < 4.78 is 8.69. The highest BCUT2D eigenvalue weighted by Gasteiger charge is 2.39. The number of nitrogens with zero attached hydrogens (tertiary/aromatic N) is 1. The van der Waals surface area contributed by atoms with Crippen molar-refractivity contribution in [3.8, 4) is 0 Å². The number of hydrogen-bond acceptors (Lipinski definition) is 2. The standard InChI is InChI=1S/C18H28N2OS/c1-6-16(21)20-11-18(4,5)12-22(19)17(20)15-10-8-7-9-14(15)13(2)3/h7-10,13,17,19H,6,11-12H2,1-5H3. The number of benzene rings is 1. The third kappa shape index (κ3) is 3.43. The van der Waals surface area contributed by atoms with Crippen LogP contribution in [-0.4, -0.2) is 23.1 Å². The minimum absolute atomic E-state index is 0.0268. The largest absolute Gasteiger partial charge is 0.325 e. The Balaban J connectivity index is 2.50. The van der Waals surface area contributed by atoms with Crippen molar-refractivity contribution in [2.75, 3.05) is 12.3 Å². The van der Waals surface area contributed by atoms with Gasteiger partial charge in [-0.15, -0.1) is 0 Å². The number of rotatable bonds is 3. The Labute approximate surface area is 137 Å². The van der Waals surface area contributed by atoms with Gasteiger partial charge in [0.2, 0.25) is 5.91 Å². The van der Waals surface area contributed by atoms with Crippen LogP contribution in [0, 0.1) is 10.2 Å². The van der Waals surface area contributed by atoms with Gasteiger partial charge in [0.25, 0.3) is 0 Å². The molecule has 4 heteroatoms. The Morgan fingerprint density at radius 1 is 1.41 bits per heavy atom. The molecule has 22 heavy (non-hydrogen) atoms. The van der Waals surface area contributed by atoms with Crippen LogP contribution < -0.4 is 0 Å². The van der Waals surface area contributed by atoms with Crippen LogP contribution in [0.25, 0.3) is 0 Å². The summed E-state index contributed by atoms with van der Waals surface area (Å²) in [5, 5.41) is -0.0842. The molecule has 1 amide bonds. The molecule has 1 aromatic carbocycles. The fraction of sp³-hybridized carbons (Fsp3) is 0.611. The number of amides is 1. The fourth-order valence-corrected chi connectivity index (χ4v) is 5.36. The number of nitrogens with one attached hydrogen (secondary N) is 1. The van der Waals surface area contributed by atoms with Crippen molar-refractivity contribution in [3.63, 3.8) is 0 Å². The van der Waals surface area contributed by atoms with Gasteiger partial charge in [0.15, 0.2) is 0 Å². The van der Waals surface area contributed by atoms with Crippen molar-refractivity contribution in [3.05, 3.63) is 35.4 Å².